The molecule has 0 aromatic heterocycles. The highest BCUT2D eigenvalue weighted by atomic mass is 32.2. The fourth-order valence-electron chi connectivity index (χ4n) is 3.10. The van der Waals surface area contributed by atoms with Gasteiger partial charge in [0.15, 0.2) is 0 Å². The molecular formula is C20H24N2O4S2. The number of hydrogen-bond acceptors (Lipinski definition) is 5. The van der Waals surface area contributed by atoms with Crippen LogP contribution in [0.25, 0.3) is 0 Å². The molecule has 0 bridgehead atoms. The van der Waals surface area contributed by atoms with Crippen molar-refractivity contribution in [2.45, 2.75) is 29.6 Å². The van der Waals surface area contributed by atoms with Crippen LogP contribution < -0.4 is 10.1 Å². The smallest absolute Gasteiger partial charge is 0.255 e. The van der Waals surface area contributed by atoms with Gasteiger partial charge in [0, 0.05) is 29.2 Å². The Morgan fingerprint density at radius 3 is 2.61 bits per heavy atom. The fraction of sp³-hybridized carbons (Fsp3) is 0.350. The molecule has 0 saturated carbocycles. The Bertz CT molecular complexity index is 954. The highest BCUT2D eigenvalue weighted by Crippen LogP contribution is 2.30. The Hall–Kier alpha value is -2.03. The third-order valence-electron chi connectivity index (χ3n) is 4.52. The van der Waals surface area contributed by atoms with Crippen molar-refractivity contribution in [3.63, 3.8) is 0 Å². The third-order valence-corrected chi connectivity index (χ3v) is 7.16. The van der Waals surface area contributed by atoms with Gasteiger partial charge in [-0.2, -0.15) is 4.31 Å². The number of rotatable bonds is 7. The van der Waals surface area contributed by atoms with E-state index in [4.69, 9.17) is 4.74 Å². The number of carbonyl (C=O) groups excluding carboxylic acids is 1. The second-order valence-corrected chi connectivity index (χ2v) is 9.18. The first-order valence-corrected chi connectivity index (χ1v) is 11.8. The molecule has 0 unspecified atom stereocenters. The number of benzene rings is 2. The number of thioether (sulfide) groups is 1. The summed E-state index contributed by atoms with van der Waals surface area (Å²) in [6.45, 7) is 3.12. The van der Waals surface area contributed by atoms with Crippen molar-refractivity contribution in [2.75, 3.05) is 31.3 Å². The van der Waals surface area contributed by atoms with Gasteiger partial charge >= 0.3 is 0 Å². The molecule has 1 fully saturated rings. The van der Waals surface area contributed by atoms with Gasteiger partial charge in [-0.1, -0.05) is 6.07 Å². The molecule has 8 heteroatoms. The van der Waals surface area contributed by atoms with Crippen LogP contribution in [0, 0.1) is 0 Å². The molecule has 1 amide bonds. The summed E-state index contributed by atoms with van der Waals surface area (Å²) in [5, 5.41) is 2.83. The minimum Gasteiger partial charge on any atom is -0.492 e. The lowest BCUT2D eigenvalue weighted by Gasteiger charge is -2.19. The van der Waals surface area contributed by atoms with E-state index in [0.29, 0.717) is 25.4 Å². The van der Waals surface area contributed by atoms with E-state index in [1.54, 1.807) is 36.9 Å². The molecule has 0 spiro atoms. The van der Waals surface area contributed by atoms with Crippen molar-refractivity contribution >= 4 is 33.4 Å². The Labute approximate surface area is 170 Å². The van der Waals surface area contributed by atoms with Crippen LogP contribution in [0.3, 0.4) is 0 Å². The van der Waals surface area contributed by atoms with Crippen LogP contribution in [0.5, 0.6) is 5.75 Å². The van der Waals surface area contributed by atoms with Crippen LogP contribution in [0.15, 0.2) is 52.3 Å². The van der Waals surface area contributed by atoms with Crippen LogP contribution in [-0.4, -0.2) is 44.6 Å². The van der Waals surface area contributed by atoms with Gasteiger partial charge in [0.2, 0.25) is 10.0 Å². The quantitative estimate of drug-likeness (QED) is 0.689. The lowest BCUT2D eigenvalue weighted by molar-refractivity contribution is 0.102. The molecule has 1 aliphatic rings. The van der Waals surface area contributed by atoms with Gasteiger partial charge in [0.1, 0.15) is 10.6 Å². The number of anilines is 1. The van der Waals surface area contributed by atoms with Crippen molar-refractivity contribution in [3.05, 3.63) is 48.0 Å². The summed E-state index contributed by atoms with van der Waals surface area (Å²) < 4.78 is 33.1. The lowest BCUT2D eigenvalue weighted by atomic mass is 10.2. The zero-order valence-electron chi connectivity index (χ0n) is 16.0. The van der Waals surface area contributed by atoms with E-state index in [9.17, 15) is 13.2 Å². The Kier molecular flexibility index (Phi) is 6.64. The number of sulfonamides is 1. The zero-order chi connectivity index (χ0) is 20.1. The maximum Gasteiger partial charge on any atom is 0.255 e. The first kappa shape index (κ1) is 20.7. The summed E-state index contributed by atoms with van der Waals surface area (Å²) in [4.78, 5) is 13.8. The summed E-state index contributed by atoms with van der Waals surface area (Å²) in [6, 6.07) is 12.0. The number of nitrogens with one attached hydrogen (secondary N) is 1. The van der Waals surface area contributed by atoms with E-state index in [1.807, 2.05) is 24.5 Å². The summed E-state index contributed by atoms with van der Waals surface area (Å²) in [5.74, 6) is -0.0884. The lowest BCUT2D eigenvalue weighted by Crippen LogP contribution is -2.28. The van der Waals surface area contributed by atoms with Gasteiger partial charge in [-0.25, -0.2) is 8.42 Å². The molecule has 1 heterocycles. The molecule has 2 aromatic carbocycles. The van der Waals surface area contributed by atoms with Gasteiger partial charge in [-0.15, -0.1) is 11.8 Å². The number of carbonyl (C=O) groups is 1. The van der Waals surface area contributed by atoms with Crippen LogP contribution in [0.4, 0.5) is 5.69 Å². The van der Waals surface area contributed by atoms with E-state index in [2.05, 4.69) is 5.32 Å². The Balaban J connectivity index is 1.92. The fourth-order valence-corrected chi connectivity index (χ4v) is 5.23. The largest absolute Gasteiger partial charge is 0.492 e. The average molecular weight is 421 g/mol. The van der Waals surface area contributed by atoms with Crippen LogP contribution >= 0.6 is 11.8 Å². The molecule has 28 heavy (non-hydrogen) atoms. The maximum atomic E-state index is 13.1. The molecule has 0 aliphatic carbocycles. The molecule has 6 nitrogen and oxygen atoms in total. The van der Waals surface area contributed by atoms with Crippen LogP contribution in [0.2, 0.25) is 0 Å². The van der Waals surface area contributed by atoms with E-state index in [1.165, 1.54) is 10.4 Å². The van der Waals surface area contributed by atoms with Crippen molar-refractivity contribution < 1.29 is 17.9 Å². The van der Waals surface area contributed by atoms with Gasteiger partial charge in [0.25, 0.3) is 5.91 Å². The molecule has 3 rings (SSSR count). The Morgan fingerprint density at radius 2 is 1.93 bits per heavy atom. The van der Waals surface area contributed by atoms with E-state index in [0.717, 1.165) is 17.7 Å². The molecule has 0 atom stereocenters. The predicted octanol–water partition coefficient (Wildman–Crippen LogP) is 3.84. The SMILES string of the molecule is CCOc1ccc(C(=O)Nc2cccc(SC)c2)cc1S(=O)(=O)N1CCCC1. The standard InChI is InChI=1S/C20H24N2O4S2/c1-3-26-18-10-9-15(13-19(18)28(24,25)22-11-4-5-12-22)20(23)21-16-7-6-8-17(14-16)27-2/h6-10,13-14H,3-5,11-12H2,1-2H3,(H,21,23). The van der Waals surface area contributed by atoms with Crippen molar-refractivity contribution in [1.82, 2.24) is 4.31 Å². The summed E-state index contributed by atoms with van der Waals surface area (Å²) >= 11 is 1.58. The highest BCUT2D eigenvalue weighted by Gasteiger charge is 2.30. The monoisotopic (exact) mass is 420 g/mol. The summed E-state index contributed by atoms with van der Waals surface area (Å²) in [7, 11) is -3.71. The predicted molar refractivity (Wildman–Crippen MR) is 112 cm³/mol. The topological polar surface area (TPSA) is 75.7 Å². The van der Waals surface area contributed by atoms with Gasteiger partial charge in [-0.05, 0) is 62.4 Å². The van der Waals surface area contributed by atoms with Crippen LogP contribution in [0.1, 0.15) is 30.1 Å². The average Bonchev–Trinajstić information content (AvgIpc) is 3.24. The molecular weight excluding hydrogens is 396 g/mol. The van der Waals surface area contributed by atoms with Crippen molar-refractivity contribution in [3.8, 4) is 5.75 Å². The number of ether oxygens (including phenoxy) is 1. The molecule has 2 aromatic rings. The summed E-state index contributed by atoms with van der Waals surface area (Å²) in [5.41, 5.74) is 0.936. The normalized spacial score (nSPS) is 14.8. The van der Waals surface area contributed by atoms with Gasteiger partial charge in [0.05, 0.1) is 6.61 Å². The molecule has 0 radical (unpaired) electrons. The molecule has 1 saturated heterocycles. The minimum atomic E-state index is -3.71. The molecule has 150 valence electrons. The van der Waals surface area contributed by atoms with Crippen molar-refractivity contribution in [2.24, 2.45) is 0 Å². The van der Waals surface area contributed by atoms with Crippen LogP contribution in [-0.2, 0) is 10.0 Å². The van der Waals surface area contributed by atoms with E-state index in [-0.39, 0.29) is 22.1 Å². The molecule has 1 N–H and O–H groups in total. The number of amides is 1. The highest BCUT2D eigenvalue weighted by molar-refractivity contribution is 7.98. The Morgan fingerprint density at radius 1 is 1.18 bits per heavy atom. The first-order chi connectivity index (χ1) is 13.5. The third kappa shape index (κ3) is 4.51. The number of hydrogen-bond donors (Lipinski definition) is 1. The zero-order valence-corrected chi connectivity index (χ0v) is 17.6. The minimum absolute atomic E-state index is 0.0433. The second kappa shape index (κ2) is 8.98. The van der Waals surface area contributed by atoms with E-state index < -0.39 is 10.0 Å². The number of nitrogens with zero attached hydrogens (tertiary/aromatic N) is 1. The maximum absolute atomic E-state index is 13.1. The van der Waals surface area contributed by atoms with E-state index >= 15 is 0 Å². The first-order valence-electron chi connectivity index (χ1n) is 9.18. The second-order valence-electron chi connectivity index (χ2n) is 6.39. The van der Waals surface area contributed by atoms with Gasteiger partial charge in [-0.3, -0.25) is 4.79 Å². The molecule has 1 aliphatic heterocycles. The summed E-state index contributed by atoms with van der Waals surface area (Å²) in [6.07, 6.45) is 3.65. The van der Waals surface area contributed by atoms with Gasteiger partial charge < -0.3 is 10.1 Å². The van der Waals surface area contributed by atoms with Crippen molar-refractivity contribution in [1.29, 1.82) is 0 Å².